The third-order valence-electron chi connectivity index (χ3n) is 5.59. The van der Waals surface area contributed by atoms with Crippen molar-refractivity contribution in [3.8, 4) is 0 Å². The molecule has 0 saturated carbocycles. The first-order valence-corrected chi connectivity index (χ1v) is 10.1. The Labute approximate surface area is 165 Å². The number of hydrogen-bond acceptors (Lipinski definition) is 5. The Bertz CT molecular complexity index is 976. The third kappa shape index (κ3) is 3.05. The Morgan fingerprint density at radius 2 is 2.07 bits per heavy atom. The van der Waals surface area contributed by atoms with Gasteiger partial charge in [0.25, 0.3) is 11.3 Å². The smallest absolute Gasteiger partial charge is 0.410 e. The number of rotatable bonds is 0. The van der Waals surface area contributed by atoms with E-state index in [0.29, 0.717) is 17.1 Å². The number of aromatic nitrogens is 4. The molecule has 2 aliphatic rings. The Morgan fingerprint density at radius 1 is 1.33 bits per heavy atom. The minimum absolute atomic E-state index is 0.00634. The number of carbonyl (C=O) groups excluding carboxylic acids is 1. The number of piperidine rings is 1. The predicted molar refractivity (Wildman–Crippen MR) is 103 cm³/mol. The standard InChI is InChI=1S/C18H24BrN5O3/c1-10-9-18(7-8-23(10)16(26)27-17(2,3)4)6-5-11-12(18)13(25)24-15(20-11)21-14(19)22-24/h10H,5-9H2,1-4H3,(H,20,21,22)/t10-,18-/m1/s1. The number of fused-ring (bicyclic) bond motifs is 3. The van der Waals surface area contributed by atoms with Crippen molar-refractivity contribution in [3.63, 3.8) is 0 Å². The van der Waals surface area contributed by atoms with Crippen molar-refractivity contribution < 1.29 is 9.53 Å². The number of aromatic amines is 1. The molecule has 9 heteroatoms. The molecule has 0 bridgehead atoms. The van der Waals surface area contributed by atoms with Gasteiger partial charge in [-0.3, -0.25) is 9.89 Å². The number of aryl methyl sites for hydroxylation is 1. The van der Waals surface area contributed by atoms with Crippen LogP contribution >= 0.6 is 15.9 Å². The van der Waals surface area contributed by atoms with Crippen LogP contribution in [0.2, 0.25) is 0 Å². The molecule has 0 radical (unpaired) electrons. The van der Waals surface area contributed by atoms with Gasteiger partial charge in [-0.25, -0.2) is 9.78 Å². The summed E-state index contributed by atoms with van der Waals surface area (Å²) >= 11 is 3.27. The normalized spacial score (nSPS) is 25.2. The molecule has 1 aliphatic heterocycles. The van der Waals surface area contributed by atoms with Gasteiger partial charge in [-0.1, -0.05) is 0 Å². The van der Waals surface area contributed by atoms with Crippen LogP contribution in [0.25, 0.3) is 5.78 Å². The summed E-state index contributed by atoms with van der Waals surface area (Å²) in [6, 6.07) is -0.00634. The molecule has 0 unspecified atom stereocenters. The van der Waals surface area contributed by atoms with Crippen LogP contribution in [0.4, 0.5) is 4.79 Å². The van der Waals surface area contributed by atoms with Crippen LogP contribution < -0.4 is 5.56 Å². The molecule has 146 valence electrons. The maximum atomic E-state index is 13.1. The molecule has 27 heavy (non-hydrogen) atoms. The maximum Gasteiger partial charge on any atom is 0.410 e. The number of halogens is 1. The minimum Gasteiger partial charge on any atom is -0.444 e. The summed E-state index contributed by atoms with van der Waals surface area (Å²) in [6.45, 7) is 8.21. The largest absolute Gasteiger partial charge is 0.444 e. The summed E-state index contributed by atoms with van der Waals surface area (Å²) in [7, 11) is 0. The summed E-state index contributed by atoms with van der Waals surface area (Å²) in [4.78, 5) is 36.3. The summed E-state index contributed by atoms with van der Waals surface area (Å²) in [5.41, 5.74) is 0.789. The second-order valence-electron chi connectivity index (χ2n) is 8.65. The first kappa shape index (κ1) is 18.5. The van der Waals surface area contributed by atoms with Gasteiger partial charge >= 0.3 is 6.09 Å². The molecule has 1 amide bonds. The third-order valence-corrected chi connectivity index (χ3v) is 5.95. The number of nitrogens with zero attached hydrogens (tertiary/aromatic N) is 4. The highest BCUT2D eigenvalue weighted by atomic mass is 79.9. The van der Waals surface area contributed by atoms with E-state index in [-0.39, 0.29) is 23.1 Å². The lowest BCUT2D eigenvalue weighted by molar-refractivity contribution is 0.00401. The van der Waals surface area contributed by atoms with Crippen molar-refractivity contribution in [1.82, 2.24) is 24.5 Å². The van der Waals surface area contributed by atoms with Crippen LogP contribution in [0, 0.1) is 0 Å². The number of ether oxygens (including phenoxy) is 1. The lowest BCUT2D eigenvalue weighted by Crippen LogP contribution is -2.52. The van der Waals surface area contributed by atoms with Gasteiger partial charge in [-0.15, -0.1) is 0 Å². The molecule has 1 spiro atoms. The molecular formula is C18H24BrN5O3. The zero-order valence-electron chi connectivity index (χ0n) is 16.0. The van der Waals surface area contributed by atoms with E-state index in [2.05, 4.69) is 31.0 Å². The average molecular weight is 438 g/mol. The summed E-state index contributed by atoms with van der Waals surface area (Å²) in [6.07, 6.45) is 2.83. The van der Waals surface area contributed by atoms with E-state index in [9.17, 15) is 9.59 Å². The van der Waals surface area contributed by atoms with E-state index in [4.69, 9.17) is 4.74 Å². The fourth-order valence-corrected chi connectivity index (χ4v) is 4.84. The second-order valence-corrected chi connectivity index (χ2v) is 9.40. The van der Waals surface area contributed by atoms with E-state index in [0.717, 1.165) is 36.9 Å². The Kier molecular flexibility index (Phi) is 4.14. The van der Waals surface area contributed by atoms with Crippen molar-refractivity contribution in [2.24, 2.45) is 0 Å². The number of carbonyl (C=O) groups is 1. The van der Waals surface area contributed by atoms with Crippen LogP contribution in [-0.2, 0) is 16.6 Å². The Hall–Kier alpha value is -1.90. The highest BCUT2D eigenvalue weighted by Crippen LogP contribution is 2.46. The SMILES string of the molecule is C[C@@H]1C[C@@]2(CCc3nc4nc(Br)[nH]n4c(=O)c32)CCN1C(=O)OC(C)(C)C. The molecule has 0 aromatic carbocycles. The van der Waals surface area contributed by atoms with Gasteiger partial charge in [-0.05, 0) is 69.3 Å². The van der Waals surface area contributed by atoms with Crippen molar-refractivity contribution in [2.45, 2.75) is 70.4 Å². The van der Waals surface area contributed by atoms with Gasteiger partial charge in [0, 0.05) is 23.6 Å². The molecule has 1 aliphatic carbocycles. The molecule has 8 nitrogen and oxygen atoms in total. The molecule has 1 saturated heterocycles. The van der Waals surface area contributed by atoms with Gasteiger partial charge in [0.15, 0.2) is 4.73 Å². The Morgan fingerprint density at radius 3 is 2.74 bits per heavy atom. The number of H-pyrrole nitrogens is 1. The van der Waals surface area contributed by atoms with E-state index < -0.39 is 5.60 Å². The predicted octanol–water partition coefficient (Wildman–Crippen LogP) is 2.78. The fraction of sp³-hybridized carbons (Fsp3) is 0.667. The highest BCUT2D eigenvalue weighted by molar-refractivity contribution is 9.10. The van der Waals surface area contributed by atoms with Gasteiger partial charge < -0.3 is 9.64 Å². The summed E-state index contributed by atoms with van der Waals surface area (Å²) in [5, 5.41) is 2.91. The van der Waals surface area contributed by atoms with Crippen LogP contribution in [0.3, 0.4) is 0 Å². The van der Waals surface area contributed by atoms with Crippen molar-refractivity contribution >= 4 is 27.8 Å². The highest BCUT2D eigenvalue weighted by Gasteiger charge is 2.48. The van der Waals surface area contributed by atoms with E-state index in [1.165, 1.54) is 4.52 Å². The van der Waals surface area contributed by atoms with Gasteiger partial charge in [0.2, 0.25) is 0 Å². The summed E-state index contributed by atoms with van der Waals surface area (Å²) in [5.74, 6) is 0.391. The average Bonchev–Trinajstić information content (AvgIpc) is 3.07. The van der Waals surface area contributed by atoms with E-state index in [1.54, 1.807) is 4.90 Å². The molecule has 3 heterocycles. The number of nitrogens with one attached hydrogen (secondary N) is 1. The number of likely N-dealkylation sites (tertiary alicyclic amines) is 1. The zero-order chi connectivity index (χ0) is 19.6. The van der Waals surface area contributed by atoms with Gasteiger partial charge in [-0.2, -0.15) is 9.50 Å². The Balaban J connectivity index is 1.66. The maximum absolute atomic E-state index is 13.1. The molecular weight excluding hydrogens is 414 g/mol. The zero-order valence-corrected chi connectivity index (χ0v) is 17.6. The van der Waals surface area contributed by atoms with E-state index in [1.807, 2.05) is 27.7 Å². The second kappa shape index (κ2) is 6.05. The first-order chi connectivity index (χ1) is 12.6. The molecule has 2 aromatic rings. The minimum atomic E-state index is -0.520. The molecule has 4 rings (SSSR count). The van der Waals surface area contributed by atoms with E-state index >= 15 is 0 Å². The van der Waals surface area contributed by atoms with Crippen molar-refractivity contribution in [2.75, 3.05) is 6.54 Å². The van der Waals surface area contributed by atoms with Crippen LogP contribution in [-0.4, -0.2) is 48.8 Å². The summed E-state index contributed by atoms with van der Waals surface area (Å²) < 4.78 is 7.43. The first-order valence-electron chi connectivity index (χ1n) is 9.27. The lowest BCUT2D eigenvalue weighted by Gasteiger charge is -2.44. The molecule has 1 N–H and O–H groups in total. The topological polar surface area (TPSA) is 92.6 Å². The molecule has 2 atom stereocenters. The fourth-order valence-electron chi connectivity index (χ4n) is 4.51. The van der Waals surface area contributed by atoms with Crippen LogP contribution in [0.5, 0.6) is 0 Å². The lowest BCUT2D eigenvalue weighted by atomic mass is 9.72. The monoisotopic (exact) mass is 437 g/mol. The quantitative estimate of drug-likeness (QED) is 0.683. The van der Waals surface area contributed by atoms with Gasteiger partial charge in [0.1, 0.15) is 5.60 Å². The van der Waals surface area contributed by atoms with Crippen LogP contribution in [0.1, 0.15) is 58.2 Å². The molecule has 1 fully saturated rings. The van der Waals surface area contributed by atoms with Crippen molar-refractivity contribution in [1.29, 1.82) is 0 Å². The van der Waals surface area contributed by atoms with Crippen LogP contribution in [0.15, 0.2) is 9.53 Å². The van der Waals surface area contributed by atoms with Crippen molar-refractivity contribution in [3.05, 3.63) is 26.3 Å². The number of amides is 1. The van der Waals surface area contributed by atoms with Gasteiger partial charge in [0.05, 0.1) is 5.69 Å². The number of hydrogen-bond donors (Lipinski definition) is 1. The molecule has 2 aromatic heterocycles.